The SMILES string of the molecule is CC(C)(C)CCCOC(=O)C(C)(C)CC(C)(C)Br. The molecule has 0 aliphatic heterocycles. The smallest absolute Gasteiger partial charge is 0.311 e. The predicted octanol–water partition coefficient (Wildman–Crippen LogP) is 4.95. The van der Waals surface area contributed by atoms with E-state index < -0.39 is 5.41 Å². The van der Waals surface area contributed by atoms with Crippen molar-refractivity contribution in [3.05, 3.63) is 0 Å². The average Bonchev–Trinajstić information content (AvgIpc) is 2.06. The van der Waals surface area contributed by atoms with Crippen molar-refractivity contribution < 1.29 is 9.53 Å². The second-order valence-electron chi connectivity index (χ2n) is 7.58. The third-order valence-electron chi connectivity index (χ3n) is 2.72. The molecule has 0 atom stereocenters. The molecule has 0 heterocycles. The van der Waals surface area contributed by atoms with Gasteiger partial charge in [-0.25, -0.2) is 0 Å². The summed E-state index contributed by atoms with van der Waals surface area (Å²) >= 11 is 3.58. The lowest BCUT2D eigenvalue weighted by atomic mass is 9.84. The highest BCUT2D eigenvalue weighted by atomic mass is 79.9. The van der Waals surface area contributed by atoms with Crippen LogP contribution in [0.2, 0.25) is 0 Å². The number of ether oxygens (including phenoxy) is 1. The molecule has 0 aromatic rings. The highest BCUT2D eigenvalue weighted by Crippen LogP contribution is 2.34. The Balaban J connectivity index is 4.09. The molecule has 0 aliphatic rings. The largest absolute Gasteiger partial charge is 0.465 e. The van der Waals surface area contributed by atoms with Gasteiger partial charge in [-0.3, -0.25) is 4.79 Å². The van der Waals surface area contributed by atoms with Crippen molar-refractivity contribution in [3.63, 3.8) is 0 Å². The molecule has 0 saturated carbocycles. The van der Waals surface area contributed by atoms with Gasteiger partial charge in [0.25, 0.3) is 0 Å². The zero-order valence-electron chi connectivity index (χ0n) is 13.0. The van der Waals surface area contributed by atoms with E-state index in [2.05, 4.69) is 50.5 Å². The van der Waals surface area contributed by atoms with Crippen LogP contribution in [0.1, 0.15) is 67.7 Å². The van der Waals surface area contributed by atoms with Crippen LogP contribution in [0.25, 0.3) is 0 Å². The summed E-state index contributed by atoms with van der Waals surface area (Å²) in [4.78, 5) is 12.0. The van der Waals surface area contributed by atoms with Gasteiger partial charge in [-0.2, -0.15) is 0 Å². The van der Waals surface area contributed by atoms with Gasteiger partial charge in [0.2, 0.25) is 0 Å². The zero-order valence-corrected chi connectivity index (χ0v) is 14.6. The van der Waals surface area contributed by atoms with Crippen LogP contribution in [0.3, 0.4) is 0 Å². The minimum atomic E-state index is -0.436. The maximum Gasteiger partial charge on any atom is 0.311 e. The number of rotatable bonds is 6. The maximum atomic E-state index is 12.0. The standard InChI is InChI=1S/C15H29BrO2/c1-13(2,3)9-8-10-18-12(17)14(4,5)11-15(6,7)16/h8-11H2,1-7H3. The normalized spacial score (nSPS) is 13.6. The first kappa shape index (κ1) is 17.9. The van der Waals surface area contributed by atoms with Crippen molar-refractivity contribution in [2.24, 2.45) is 10.8 Å². The summed E-state index contributed by atoms with van der Waals surface area (Å²) in [6, 6.07) is 0. The van der Waals surface area contributed by atoms with Crippen LogP contribution in [-0.4, -0.2) is 16.9 Å². The quantitative estimate of drug-likeness (QED) is 0.393. The molecule has 18 heavy (non-hydrogen) atoms. The van der Waals surface area contributed by atoms with E-state index >= 15 is 0 Å². The molecule has 0 unspecified atom stereocenters. The Morgan fingerprint density at radius 1 is 1.06 bits per heavy atom. The highest BCUT2D eigenvalue weighted by molar-refractivity contribution is 9.10. The third-order valence-corrected chi connectivity index (χ3v) is 3.00. The zero-order chi connectivity index (χ0) is 14.6. The summed E-state index contributed by atoms with van der Waals surface area (Å²) in [5.41, 5.74) is -0.130. The molecule has 3 heteroatoms. The van der Waals surface area contributed by atoms with E-state index in [1.807, 2.05) is 13.8 Å². The van der Waals surface area contributed by atoms with Crippen LogP contribution in [0.4, 0.5) is 0 Å². The van der Waals surface area contributed by atoms with Crippen LogP contribution in [0.15, 0.2) is 0 Å². The van der Waals surface area contributed by atoms with Gasteiger partial charge in [0.1, 0.15) is 0 Å². The van der Waals surface area contributed by atoms with E-state index in [0.29, 0.717) is 12.0 Å². The molecule has 0 N–H and O–H groups in total. The van der Waals surface area contributed by atoms with Crippen molar-refractivity contribution >= 4 is 21.9 Å². The first-order chi connectivity index (χ1) is 7.83. The predicted molar refractivity (Wildman–Crippen MR) is 81.1 cm³/mol. The summed E-state index contributed by atoms with van der Waals surface area (Å²) in [7, 11) is 0. The molecule has 0 aromatic heterocycles. The summed E-state index contributed by atoms with van der Waals surface area (Å²) in [5, 5.41) is 0. The van der Waals surface area contributed by atoms with Gasteiger partial charge in [0.15, 0.2) is 0 Å². The fourth-order valence-electron chi connectivity index (χ4n) is 2.09. The number of hydrogen-bond acceptors (Lipinski definition) is 2. The van der Waals surface area contributed by atoms with E-state index in [9.17, 15) is 4.79 Å². The minimum absolute atomic E-state index is 0.0407. The number of esters is 1. The molecule has 0 aromatic carbocycles. The van der Waals surface area contributed by atoms with E-state index in [4.69, 9.17) is 4.74 Å². The Bertz CT molecular complexity index is 269. The Morgan fingerprint density at radius 2 is 1.56 bits per heavy atom. The highest BCUT2D eigenvalue weighted by Gasteiger charge is 2.34. The number of carbonyl (C=O) groups is 1. The van der Waals surface area contributed by atoms with Crippen molar-refractivity contribution in [2.75, 3.05) is 6.61 Å². The van der Waals surface area contributed by atoms with Crippen molar-refractivity contribution in [1.82, 2.24) is 0 Å². The molecule has 0 saturated heterocycles. The Kier molecular flexibility index (Phi) is 6.39. The molecule has 0 fully saturated rings. The molecule has 0 bridgehead atoms. The monoisotopic (exact) mass is 320 g/mol. The van der Waals surface area contributed by atoms with Crippen LogP contribution >= 0.6 is 15.9 Å². The lowest BCUT2D eigenvalue weighted by Gasteiger charge is -2.29. The number of hydrogen-bond donors (Lipinski definition) is 0. The van der Waals surface area contributed by atoms with E-state index in [1.54, 1.807) is 0 Å². The second kappa shape index (κ2) is 6.40. The Labute approximate surface area is 121 Å². The fourth-order valence-corrected chi connectivity index (χ4v) is 2.79. The number of alkyl halides is 1. The lowest BCUT2D eigenvalue weighted by Crippen LogP contribution is -2.32. The summed E-state index contributed by atoms with van der Waals surface area (Å²) in [6.45, 7) is 15.2. The van der Waals surface area contributed by atoms with Crippen LogP contribution in [0, 0.1) is 10.8 Å². The number of carbonyl (C=O) groups excluding carboxylic acids is 1. The molecular weight excluding hydrogens is 292 g/mol. The molecule has 0 amide bonds. The summed E-state index contributed by atoms with van der Waals surface area (Å²) in [5.74, 6) is -0.0936. The van der Waals surface area contributed by atoms with Gasteiger partial charge in [0, 0.05) is 4.32 Å². The Morgan fingerprint density at radius 3 is 1.94 bits per heavy atom. The van der Waals surface area contributed by atoms with Gasteiger partial charge in [-0.1, -0.05) is 50.5 Å². The number of halogens is 1. The molecule has 0 radical (unpaired) electrons. The molecule has 0 rings (SSSR count). The first-order valence-corrected chi connectivity index (χ1v) is 7.49. The van der Waals surface area contributed by atoms with Crippen molar-refractivity contribution in [3.8, 4) is 0 Å². The summed E-state index contributed by atoms with van der Waals surface area (Å²) in [6.07, 6.45) is 2.77. The second-order valence-corrected chi connectivity index (χ2v) is 9.73. The molecular formula is C15H29BrO2. The summed E-state index contributed by atoms with van der Waals surface area (Å²) < 4.78 is 5.35. The lowest BCUT2D eigenvalue weighted by molar-refractivity contribution is -0.154. The van der Waals surface area contributed by atoms with Gasteiger partial charge in [-0.05, 0) is 38.5 Å². The molecule has 108 valence electrons. The molecule has 2 nitrogen and oxygen atoms in total. The van der Waals surface area contributed by atoms with Crippen molar-refractivity contribution in [2.45, 2.75) is 72.1 Å². The van der Waals surface area contributed by atoms with Gasteiger partial charge < -0.3 is 4.74 Å². The van der Waals surface area contributed by atoms with Gasteiger partial charge in [-0.15, -0.1) is 0 Å². The van der Waals surface area contributed by atoms with Crippen LogP contribution < -0.4 is 0 Å². The fraction of sp³-hybridized carbons (Fsp3) is 0.933. The van der Waals surface area contributed by atoms with Gasteiger partial charge >= 0.3 is 5.97 Å². The molecule has 0 aliphatic carbocycles. The van der Waals surface area contributed by atoms with E-state index in [-0.39, 0.29) is 10.3 Å². The first-order valence-electron chi connectivity index (χ1n) is 6.70. The average molecular weight is 321 g/mol. The van der Waals surface area contributed by atoms with E-state index in [0.717, 1.165) is 19.3 Å². The van der Waals surface area contributed by atoms with Crippen molar-refractivity contribution in [1.29, 1.82) is 0 Å². The van der Waals surface area contributed by atoms with E-state index in [1.165, 1.54) is 0 Å². The Hall–Kier alpha value is -0.0500. The van der Waals surface area contributed by atoms with Crippen LogP contribution in [-0.2, 0) is 9.53 Å². The topological polar surface area (TPSA) is 26.3 Å². The third kappa shape index (κ3) is 8.96. The van der Waals surface area contributed by atoms with Crippen LogP contribution in [0.5, 0.6) is 0 Å². The maximum absolute atomic E-state index is 12.0. The minimum Gasteiger partial charge on any atom is -0.465 e. The molecule has 0 spiro atoms. The van der Waals surface area contributed by atoms with Gasteiger partial charge in [0.05, 0.1) is 12.0 Å².